The molecule has 0 unspecified atom stereocenters. The number of carboxylic acids is 1. The number of amides is 1. The van der Waals surface area contributed by atoms with Crippen LogP contribution in [0.25, 0.3) is 0 Å². The third-order valence-electron chi connectivity index (χ3n) is 3.33. The zero-order chi connectivity index (χ0) is 19.5. The minimum atomic E-state index is -4.37. The molecule has 138 valence electrons. The second-order valence-electron chi connectivity index (χ2n) is 5.22. The number of sulfone groups is 1. The number of ether oxygens (including phenoxy) is 1. The molecule has 26 heavy (non-hydrogen) atoms. The molecule has 0 spiro atoms. The van der Waals surface area contributed by atoms with Crippen molar-refractivity contribution in [2.75, 3.05) is 19.1 Å². The fraction of sp³-hybridized carbons (Fsp3) is 0.267. The van der Waals surface area contributed by atoms with Crippen molar-refractivity contribution >= 4 is 27.0 Å². The average Bonchev–Trinajstić information content (AvgIpc) is 2.59. The van der Waals surface area contributed by atoms with Gasteiger partial charge in [-0.1, -0.05) is 18.2 Å². The molecule has 0 radical (unpaired) electrons. The summed E-state index contributed by atoms with van der Waals surface area (Å²) in [7, 11) is -1.86. The highest BCUT2D eigenvalue weighted by molar-refractivity contribution is 8.05. The maximum Gasteiger partial charge on any atom is 0.345 e. The first-order valence-corrected chi connectivity index (χ1v) is 8.89. The van der Waals surface area contributed by atoms with Gasteiger partial charge >= 0.3 is 17.2 Å². The van der Waals surface area contributed by atoms with E-state index in [2.05, 4.69) is 15.0 Å². The van der Waals surface area contributed by atoms with E-state index in [1.807, 2.05) is 0 Å². The maximum atomic E-state index is 12.4. The van der Waals surface area contributed by atoms with E-state index < -0.39 is 26.8 Å². The van der Waals surface area contributed by atoms with Gasteiger partial charge in [0.25, 0.3) is 0 Å². The summed E-state index contributed by atoms with van der Waals surface area (Å²) in [4.78, 5) is 36.0. The zero-order valence-electron chi connectivity index (χ0n) is 14.2. The normalized spacial score (nSPS) is 11.0. The van der Waals surface area contributed by atoms with Crippen molar-refractivity contribution in [3.63, 3.8) is 0 Å². The van der Waals surface area contributed by atoms with Crippen molar-refractivity contribution in [2.24, 2.45) is 0 Å². The number of carbonyl (C=O) groups is 2. The Kier molecular flexibility index (Phi) is 5.50. The number of hydrogen-bond acceptors (Lipinski definition) is 8. The van der Waals surface area contributed by atoms with E-state index in [4.69, 9.17) is 9.84 Å². The fourth-order valence-electron chi connectivity index (χ4n) is 2.10. The van der Waals surface area contributed by atoms with Gasteiger partial charge < -0.3 is 9.84 Å². The Morgan fingerprint density at radius 3 is 2.46 bits per heavy atom. The van der Waals surface area contributed by atoms with Crippen LogP contribution in [0.5, 0.6) is 6.01 Å². The molecule has 0 saturated heterocycles. The van der Waals surface area contributed by atoms with Crippen molar-refractivity contribution < 1.29 is 27.9 Å². The topological polar surface area (TPSA) is 140 Å². The third-order valence-corrected chi connectivity index (χ3v) is 4.83. The van der Waals surface area contributed by atoms with Crippen LogP contribution in [-0.2, 0) is 15.6 Å². The molecule has 0 bridgehead atoms. The molecule has 0 fully saturated rings. The summed E-state index contributed by atoms with van der Waals surface area (Å²) in [5, 5.41) is 7.87. The Bertz CT molecular complexity index is 960. The first kappa shape index (κ1) is 19.2. The molecule has 11 heteroatoms. The average molecular weight is 380 g/mol. The van der Waals surface area contributed by atoms with Crippen molar-refractivity contribution in [2.45, 2.75) is 12.7 Å². The van der Waals surface area contributed by atoms with Gasteiger partial charge in [0.2, 0.25) is 15.8 Å². The number of rotatable bonds is 5. The van der Waals surface area contributed by atoms with Crippen LogP contribution in [0.15, 0.2) is 24.3 Å². The molecule has 1 N–H and O–H groups in total. The lowest BCUT2D eigenvalue weighted by atomic mass is 10.1. The molecule has 10 nitrogen and oxygen atoms in total. The molecule has 0 saturated carbocycles. The highest BCUT2D eigenvalue weighted by Gasteiger charge is 2.30. The summed E-state index contributed by atoms with van der Waals surface area (Å²) in [5.41, 5.74) is -0.185. The summed E-state index contributed by atoms with van der Waals surface area (Å²) >= 11 is 0. The van der Waals surface area contributed by atoms with Gasteiger partial charge in [0.1, 0.15) is 5.82 Å². The summed E-state index contributed by atoms with van der Waals surface area (Å²) in [6.45, 7) is 1.53. The van der Waals surface area contributed by atoms with Gasteiger partial charge in [-0.2, -0.15) is 15.0 Å². The first-order chi connectivity index (χ1) is 12.2. The number of hydrogen-bond donors (Lipinski definition) is 1. The largest absolute Gasteiger partial charge is 0.478 e. The quantitative estimate of drug-likeness (QED) is 0.806. The van der Waals surface area contributed by atoms with Crippen molar-refractivity contribution in [3.8, 4) is 6.01 Å². The van der Waals surface area contributed by atoms with Crippen LogP contribution < -0.4 is 9.64 Å². The minimum absolute atomic E-state index is 0.00570. The molecule has 0 atom stereocenters. The summed E-state index contributed by atoms with van der Waals surface area (Å²) in [6, 6.07) is 5.49. The number of carboxylic acid groups (broad SMARTS) is 1. The lowest BCUT2D eigenvalue weighted by Gasteiger charge is -2.16. The van der Waals surface area contributed by atoms with Crippen LogP contribution >= 0.6 is 0 Å². The second kappa shape index (κ2) is 7.44. The number of carbonyl (C=O) groups excluding carboxylic acids is 1. The number of methoxy groups -OCH3 is 1. The molecular weight excluding hydrogens is 364 g/mol. The Balaban J connectivity index is 2.33. The van der Waals surface area contributed by atoms with Crippen LogP contribution in [0.2, 0.25) is 0 Å². The predicted octanol–water partition coefficient (Wildman–Crippen LogP) is 1.06. The third kappa shape index (κ3) is 4.11. The lowest BCUT2D eigenvalue weighted by Crippen LogP contribution is -2.34. The maximum absolute atomic E-state index is 12.4. The smallest absolute Gasteiger partial charge is 0.345 e. The number of nitrogens with zero attached hydrogens (tertiary/aromatic N) is 4. The molecule has 0 aliphatic heterocycles. The van der Waals surface area contributed by atoms with Crippen LogP contribution in [0.3, 0.4) is 0 Å². The van der Waals surface area contributed by atoms with E-state index >= 15 is 0 Å². The van der Waals surface area contributed by atoms with E-state index in [1.165, 1.54) is 45.3 Å². The van der Waals surface area contributed by atoms with E-state index in [-0.39, 0.29) is 28.9 Å². The molecule has 0 aliphatic carbocycles. The van der Waals surface area contributed by atoms with Gasteiger partial charge in [0, 0.05) is 7.05 Å². The van der Waals surface area contributed by atoms with Crippen LogP contribution in [-0.4, -0.2) is 53.8 Å². The molecule has 1 heterocycles. The Morgan fingerprint density at radius 1 is 1.19 bits per heavy atom. The van der Waals surface area contributed by atoms with E-state index in [9.17, 15) is 18.0 Å². The molecule has 1 aromatic heterocycles. The van der Waals surface area contributed by atoms with Crippen LogP contribution in [0, 0.1) is 6.92 Å². The van der Waals surface area contributed by atoms with E-state index in [0.29, 0.717) is 0 Å². The van der Waals surface area contributed by atoms with Crippen molar-refractivity contribution in [1.82, 2.24) is 15.0 Å². The predicted molar refractivity (Wildman–Crippen MR) is 90.9 cm³/mol. The van der Waals surface area contributed by atoms with Crippen LogP contribution in [0.4, 0.5) is 10.7 Å². The van der Waals surface area contributed by atoms with Gasteiger partial charge in [-0.05, 0) is 18.6 Å². The van der Waals surface area contributed by atoms with E-state index in [1.54, 1.807) is 0 Å². The summed E-state index contributed by atoms with van der Waals surface area (Å²) in [5.74, 6) is -2.01. The second-order valence-corrected chi connectivity index (χ2v) is 7.08. The van der Waals surface area contributed by atoms with Gasteiger partial charge in [-0.25, -0.2) is 13.2 Å². The molecule has 0 aliphatic rings. The SMILES string of the molecule is COc1nc(C)nc(N(C)C(=O)S(=O)(=O)Cc2ccccc2C(=O)O)n1. The first-order valence-electron chi connectivity index (χ1n) is 7.24. The Morgan fingerprint density at radius 2 is 1.85 bits per heavy atom. The zero-order valence-corrected chi connectivity index (χ0v) is 15.0. The number of aromatic carboxylic acids is 1. The molecule has 2 rings (SSSR count). The Labute approximate surface area is 149 Å². The van der Waals surface area contributed by atoms with Crippen LogP contribution in [0.1, 0.15) is 21.7 Å². The number of aryl methyl sites for hydroxylation is 1. The Hall–Kier alpha value is -3.08. The number of benzene rings is 1. The monoisotopic (exact) mass is 380 g/mol. The standard InChI is InChI=1S/C15H16N4O6S/c1-9-16-13(18-14(17-9)25-3)19(2)15(22)26(23,24)8-10-6-4-5-7-11(10)12(20)21/h4-7H,8H2,1-3H3,(H,20,21). The fourth-order valence-corrected chi connectivity index (χ4v) is 3.38. The van der Waals surface area contributed by atoms with Gasteiger partial charge in [0.05, 0.1) is 18.4 Å². The highest BCUT2D eigenvalue weighted by atomic mass is 32.2. The molecule has 1 amide bonds. The van der Waals surface area contributed by atoms with Crippen molar-refractivity contribution in [3.05, 3.63) is 41.2 Å². The molecular formula is C15H16N4O6S. The highest BCUT2D eigenvalue weighted by Crippen LogP contribution is 2.18. The van der Waals surface area contributed by atoms with Gasteiger partial charge in [0.15, 0.2) is 0 Å². The lowest BCUT2D eigenvalue weighted by molar-refractivity contribution is 0.0696. The van der Waals surface area contributed by atoms with Crippen molar-refractivity contribution in [1.29, 1.82) is 0 Å². The summed E-state index contributed by atoms with van der Waals surface area (Å²) in [6.07, 6.45) is 0. The molecule has 1 aromatic carbocycles. The van der Waals surface area contributed by atoms with Gasteiger partial charge in [-0.15, -0.1) is 0 Å². The molecule has 2 aromatic rings. The number of aromatic nitrogens is 3. The summed E-state index contributed by atoms with van der Waals surface area (Å²) < 4.78 is 29.8. The minimum Gasteiger partial charge on any atom is -0.478 e. The van der Waals surface area contributed by atoms with Gasteiger partial charge in [-0.3, -0.25) is 9.69 Å². The van der Waals surface area contributed by atoms with E-state index in [0.717, 1.165) is 4.90 Å². The number of anilines is 1.